The third kappa shape index (κ3) is 2.92. The molecule has 0 radical (unpaired) electrons. The van der Waals surface area contributed by atoms with Crippen LogP contribution in [0.25, 0.3) is 22.6 Å². The van der Waals surface area contributed by atoms with Gasteiger partial charge in [0.15, 0.2) is 24.3 Å². The molecule has 8 heteroatoms. The quantitative estimate of drug-likeness (QED) is 0.738. The Morgan fingerprint density at radius 1 is 1.17 bits per heavy atom. The predicted octanol–water partition coefficient (Wildman–Crippen LogP) is 1.90. The number of nitrogens with zero attached hydrogens (tertiary/aromatic N) is 2. The first-order valence-corrected chi connectivity index (χ1v) is 6.72. The summed E-state index contributed by atoms with van der Waals surface area (Å²) >= 11 is 0. The number of oxazole rings is 2. The van der Waals surface area contributed by atoms with Crippen molar-refractivity contribution < 1.29 is 18.4 Å². The molecule has 23 heavy (non-hydrogen) atoms. The van der Waals surface area contributed by atoms with Crippen molar-refractivity contribution in [2.24, 2.45) is 5.73 Å². The number of amides is 1. The number of methoxy groups -OCH3 is 1. The molecule has 1 amide bonds. The summed E-state index contributed by atoms with van der Waals surface area (Å²) in [6, 6.07) is 3.44. The number of anilines is 1. The Kier molecular flexibility index (Phi) is 4.07. The fraction of sp³-hybridized carbons (Fsp3) is 0.133. The Hall–Kier alpha value is -3.13. The summed E-state index contributed by atoms with van der Waals surface area (Å²) in [5.41, 5.74) is 7.15. The van der Waals surface area contributed by atoms with Crippen molar-refractivity contribution in [3.05, 3.63) is 37.3 Å². The smallest absolute Gasteiger partial charge is 0.238 e. The molecule has 2 aromatic heterocycles. The number of nitrogens with one attached hydrogen (secondary N) is 1. The van der Waals surface area contributed by atoms with Crippen molar-refractivity contribution in [1.82, 2.24) is 9.97 Å². The molecule has 1 aromatic carbocycles. The molecule has 118 valence electrons. The minimum absolute atomic E-state index is 0.137. The van der Waals surface area contributed by atoms with E-state index in [0.717, 1.165) is 0 Å². The highest BCUT2D eigenvalue weighted by atomic mass is 16.5. The van der Waals surface area contributed by atoms with E-state index < -0.39 is 0 Å². The molecule has 0 saturated carbocycles. The van der Waals surface area contributed by atoms with Gasteiger partial charge in [-0.05, 0) is 6.07 Å². The topological polar surface area (TPSA) is 116 Å². The lowest BCUT2D eigenvalue weighted by atomic mass is 10.0. The second kappa shape index (κ2) is 6.32. The maximum absolute atomic E-state index is 11.7. The first-order chi connectivity index (χ1) is 11.2. The van der Waals surface area contributed by atoms with Gasteiger partial charge >= 0.3 is 0 Å². The largest absolute Gasteiger partial charge is 0.496 e. The lowest BCUT2D eigenvalue weighted by Gasteiger charge is -2.14. The van der Waals surface area contributed by atoms with Crippen molar-refractivity contribution in [3.8, 4) is 28.4 Å². The molecule has 3 N–H and O–H groups in total. The Balaban J connectivity index is 2.17. The van der Waals surface area contributed by atoms with E-state index in [1.165, 1.54) is 19.9 Å². The first-order valence-electron chi connectivity index (χ1n) is 6.72. The third-order valence-corrected chi connectivity index (χ3v) is 3.19. The van der Waals surface area contributed by atoms with Crippen LogP contribution in [0.15, 0.2) is 46.1 Å². The first kappa shape index (κ1) is 14.8. The van der Waals surface area contributed by atoms with Crippen molar-refractivity contribution in [2.45, 2.75) is 0 Å². The Morgan fingerprint density at radius 2 is 1.83 bits per heavy atom. The Labute approximate surface area is 131 Å². The zero-order valence-electron chi connectivity index (χ0n) is 12.3. The maximum atomic E-state index is 11.7. The number of carbonyl (C=O) groups excluding carboxylic acids is 1. The minimum Gasteiger partial charge on any atom is -0.496 e. The SMILES string of the molecule is COc1cc(NC(=O)CN)c(-c2cnco2)cc1-c1cnco1. The highest BCUT2D eigenvalue weighted by Crippen LogP contribution is 2.39. The van der Waals surface area contributed by atoms with Crippen LogP contribution >= 0.6 is 0 Å². The molecule has 0 bridgehead atoms. The third-order valence-electron chi connectivity index (χ3n) is 3.19. The van der Waals surface area contributed by atoms with Crippen LogP contribution in [-0.2, 0) is 4.79 Å². The number of hydrogen-bond donors (Lipinski definition) is 2. The van der Waals surface area contributed by atoms with Crippen LogP contribution in [0.4, 0.5) is 5.69 Å². The predicted molar refractivity (Wildman–Crippen MR) is 81.7 cm³/mol. The monoisotopic (exact) mass is 314 g/mol. The average molecular weight is 314 g/mol. The van der Waals surface area contributed by atoms with Gasteiger partial charge in [0, 0.05) is 11.6 Å². The molecule has 0 fully saturated rings. The maximum Gasteiger partial charge on any atom is 0.238 e. The number of carbonyl (C=O) groups is 1. The van der Waals surface area contributed by atoms with Crippen LogP contribution in [0.5, 0.6) is 5.75 Å². The van der Waals surface area contributed by atoms with E-state index >= 15 is 0 Å². The van der Waals surface area contributed by atoms with E-state index in [0.29, 0.717) is 34.1 Å². The molecule has 8 nitrogen and oxygen atoms in total. The summed E-state index contributed by atoms with van der Waals surface area (Å²) < 4.78 is 16.1. The van der Waals surface area contributed by atoms with Gasteiger partial charge in [-0.15, -0.1) is 0 Å². The average Bonchev–Trinajstić information content (AvgIpc) is 3.27. The number of nitrogens with two attached hydrogens (primary N) is 1. The van der Waals surface area contributed by atoms with Crippen LogP contribution in [0.3, 0.4) is 0 Å². The number of hydrogen-bond acceptors (Lipinski definition) is 7. The van der Waals surface area contributed by atoms with E-state index in [-0.39, 0.29) is 12.5 Å². The summed E-state index contributed by atoms with van der Waals surface area (Å²) in [6.45, 7) is -0.137. The van der Waals surface area contributed by atoms with Crippen LogP contribution in [0.1, 0.15) is 0 Å². The zero-order valence-corrected chi connectivity index (χ0v) is 12.3. The molecule has 0 atom stereocenters. The second-order valence-corrected chi connectivity index (χ2v) is 4.58. The number of rotatable bonds is 5. The van der Waals surface area contributed by atoms with E-state index in [2.05, 4.69) is 15.3 Å². The van der Waals surface area contributed by atoms with Gasteiger partial charge in [-0.1, -0.05) is 0 Å². The summed E-state index contributed by atoms with van der Waals surface area (Å²) in [4.78, 5) is 19.5. The molecule has 0 aliphatic carbocycles. The number of aromatic nitrogens is 2. The number of benzene rings is 1. The zero-order chi connectivity index (χ0) is 16.2. The molecule has 2 heterocycles. The molecule has 3 aromatic rings. The highest BCUT2D eigenvalue weighted by Gasteiger charge is 2.18. The molecule has 0 aliphatic rings. The van der Waals surface area contributed by atoms with E-state index in [4.69, 9.17) is 19.3 Å². The fourth-order valence-corrected chi connectivity index (χ4v) is 2.15. The molecule has 3 rings (SSSR count). The normalized spacial score (nSPS) is 10.5. The van der Waals surface area contributed by atoms with E-state index in [1.54, 1.807) is 24.5 Å². The van der Waals surface area contributed by atoms with Gasteiger partial charge < -0.3 is 24.6 Å². The molecule has 0 saturated heterocycles. The van der Waals surface area contributed by atoms with Crippen LogP contribution < -0.4 is 15.8 Å². The molecular weight excluding hydrogens is 300 g/mol. The van der Waals surface area contributed by atoms with Crippen molar-refractivity contribution >= 4 is 11.6 Å². The van der Waals surface area contributed by atoms with Gasteiger partial charge in [0.1, 0.15) is 5.75 Å². The van der Waals surface area contributed by atoms with Gasteiger partial charge in [-0.25, -0.2) is 9.97 Å². The highest BCUT2D eigenvalue weighted by molar-refractivity contribution is 5.97. The standard InChI is InChI=1S/C15H14N4O4/c1-21-12-3-11(19-15(20)4-16)9(13-5-17-7-22-13)2-10(12)14-6-18-8-23-14/h2-3,5-8H,4,16H2,1H3,(H,19,20). The lowest BCUT2D eigenvalue weighted by molar-refractivity contribution is -0.114. The van der Waals surface area contributed by atoms with Crippen LogP contribution in [0, 0.1) is 0 Å². The molecule has 0 aliphatic heterocycles. The summed E-state index contributed by atoms with van der Waals surface area (Å²) in [7, 11) is 1.53. The molecule has 0 spiro atoms. The van der Waals surface area contributed by atoms with Gasteiger partial charge in [-0.3, -0.25) is 4.79 Å². The second-order valence-electron chi connectivity index (χ2n) is 4.58. The molecular formula is C15H14N4O4. The van der Waals surface area contributed by atoms with Crippen molar-refractivity contribution in [1.29, 1.82) is 0 Å². The van der Waals surface area contributed by atoms with Gasteiger partial charge in [0.25, 0.3) is 0 Å². The Bertz CT molecular complexity index is 797. The van der Waals surface area contributed by atoms with Gasteiger partial charge in [0.05, 0.1) is 37.3 Å². The Morgan fingerprint density at radius 3 is 2.35 bits per heavy atom. The van der Waals surface area contributed by atoms with E-state index in [1.807, 2.05) is 0 Å². The summed E-state index contributed by atoms with van der Waals surface area (Å²) in [5.74, 6) is 1.19. The van der Waals surface area contributed by atoms with Crippen molar-refractivity contribution in [3.63, 3.8) is 0 Å². The summed E-state index contributed by atoms with van der Waals surface area (Å²) in [6.07, 6.45) is 5.75. The minimum atomic E-state index is -0.333. The van der Waals surface area contributed by atoms with Crippen LogP contribution in [-0.4, -0.2) is 29.5 Å². The fourth-order valence-electron chi connectivity index (χ4n) is 2.15. The van der Waals surface area contributed by atoms with Crippen LogP contribution in [0.2, 0.25) is 0 Å². The van der Waals surface area contributed by atoms with E-state index in [9.17, 15) is 4.79 Å². The van der Waals surface area contributed by atoms with Gasteiger partial charge in [-0.2, -0.15) is 0 Å². The van der Waals surface area contributed by atoms with Gasteiger partial charge in [0.2, 0.25) is 5.91 Å². The molecule has 0 unspecified atom stereocenters. The lowest BCUT2D eigenvalue weighted by Crippen LogP contribution is -2.22. The van der Waals surface area contributed by atoms with Crippen molar-refractivity contribution in [2.75, 3.05) is 19.0 Å². The number of ether oxygens (including phenoxy) is 1. The summed E-state index contributed by atoms with van der Waals surface area (Å²) in [5, 5.41) is 2.72.